The van der Waals surface area contributed by atoms with Gasteiger partial charge in [-0.1, -0.05) is 35.9 Å². The predicted octanol–water partition coefficient (Wildman–Crippen LogP) is 5.91. The van der Waals surface area contributed by atoms with Gasteiger partial charge in [0.25, 0.3) is 0 Å². The zero-order valence-electron chi connectivity index (χ0n) is 16.6. The van der Waals surface area contributed by atoms with Crippen LogP contribution in [0.25, 0.3) is 10.9 Å². The molecular weight excluding hydrogens is 415 g/mol. The Morgan fingerprint density at radius 2 is 1.71 bits per heavy atom. The molecule has 31 heavy (non-hydrogen) atoms. The quantitative estimate of drug-likeness (QED) is 0.298. The summed E-state index contributed by atoms with van der Waals surface area (Å²) < 4.78 is 13.0. The molecule has 0 saturated heterocycles. The van der Waals surface area contributed by atoms with Crippen molar-refractivity contribution in [2.45, 2.75) is 12.8 Å². The summed E-state index contributed by atoms with van der Waals surface area (Å²) in [4.78, 5) is 19.0. The van der Waals surface area contributed by atoms with Crippen LogP contribution in [0.2, 0.25) is 5.02 Å². The van der Waals surface area contributed by atoms with E-state index in [0.29, 0.717) is 30.0 Å². The molecule has 0 fully saturated rings. The van der Waals surface area contributed by atoms with E-state index in [0.717, 1.165) is 27.6 Å². The molecule has 0 spiro atoms. The van der Waals surface area contributed by atoms with Gasteiger partial charge in [0.15, 0.2) is 0 Å². The number of nitrogens with zero attached hydrogens (tertiary/aromatic N) is 3. The molecule has 1 aromatic heterocycles. The van der Waals surface area contributed by atoms with E-state index < -0.39 is 5.91 Å². The molecule has 0 unspecified atom stereocenters. The van der Waals surface area contributed by atoms with Crippen LogP contribution in [-0.2, 0) is 12.8 Å². The highest BCUT2D eigenvalue weighted by molar-refractivity contribution is 6.31. The van der Waals surface area contributed by atoms with Crippen molar-refractivity contribution >= 4 is 28.4 Å². The summed E-state index contributed by atoms with van der Waals surface area (Å²) >= 11 is 6.06. The van der Waals surface area contributed by atoms with Crippen LogP contribution in [0.15, 0.2) is 83.2 Å². The Labute approximate surface area is 183 Å². The summed E-state index contributed by atoms with van der Waals surface area (Å²) in [5.74, 6) is -0.706. The fraction of sp³-hybridized carbons (Fsp3) is 0.125. The minimum absolute atomic E-state index is 0.258. The number of carbonyl (C=O) groups excluding carboxylic acids is 1. The summed E-state index contributed by atoms with van der Waals surface area (Å²) in [6.45, 7) is 0.410. The van der Waals surface area contributed by atoms with E-state index in [1.54, 1.807) is 24.3 Å². The van der Waals surface area contributed by atoms with E-state index in [1.807, 2.05) is 36.5 Å². The lowest BCUT2D eigenvalue weighted by molar-refractivity contribution is 0.0992. The van der Waals surface area contributed by atoms with E-state index in [1.165, 1.54) is 12.1 Å². The van der Waals surface area contributed by atoms with Crippen molar-refractivity contribution in [2.24, 2.45) is 10.2 Å². The standard InChI is InChI=1S/C24H18ClFN4O/c25-20-7-10-23-22(14-20)19(15-27-23)11-12-28-30-29-24(31)18-5-1-16(2-6-18)13-17-3-8-21(26)9-4-17/h1-10,14-15H,11-13H2/p+1. The van der Waals surface area contributed by atoms with E-state index in [9.17, 15) is 9.18 Å². The van der Waals surface area contributed by atoms with Gasteiger partial charge >= 0.3 is 5.91 Å². The molecule has 1 heterocycles. The molecular formula is C24H19ClFN4O+. The normalized spacial score (nSPS) is 10.6. The molecule has 154 valence electrons. The number of rotatable bonds is 6. The lowest BCUT2D eigenvalue weighted by Gasteiger charge is -2.02. The van der Waals surface area contributed by atoms with Gasteiger partial charge < -0.3 is 4.98 Å². The maximum absolute atomic E-state index is 13.0. The third-order valence-corrected chi connectivity index (χ3v) is 5.17. The van der Waals surface area contributed by atoms with Crippen LogP contribution in [0.4, 0.5) is 4.39 Å². The minimum atomic E-state index is -0.448. The van der Waals surface area contributed by atoms with Gasteiger partial charge in [0, 0.05) is 34.1 Å². The maximum atomic E-state index is 13.0. The number of H-pyrrole nitrogens is 1. The van der Waals surface area contributed by atoms with Crippen molar-refractivity contribution in [2.75, 3.05) is 6.54 Å². The first-order valence-electron chi connectivity index (χ1n) is 9.79. The van der Waals surface area contributed by atoms with Gasteiger partial charge in [-0.25, -0.2) is 4.39 Å². The number of aromatic amines is 1. The van der Waals surface area contributed by atoms with Crippen LogP contribution in [0, 0.1) is 5.82 Å². The Morgan fingerprint density at radius 1 is 1.00 bits per heavy atom. The fourth-order valence-electron chi connectivity index (χ4n) is 3.31. The zero-order chi connectivity index (χ0) is 21.6. The van der Waals surface area contributed by atoms with Crippen molar-refractivity contribution < 1.29 is 9.18 Å². The minimum Gasteiger partial charge on any atom is -0.361 e. The fourth-order valence-corrected chi connectivity index (χ4v) is 3.48. The Balaban J connectivity index is 1.33. The molecule has 1 amide bonds. The lowest BCUT2D eigenvalue weighted by atomic mass is 10.0. The summed E-state index contributed by atoms with van der Waals surface area (Å²) in [6, 6.07) is 19.2. The third kappa shape index (κ3) is 5.31. The van der Waals surface area contributed by atoms with Gasteiger partial charge in [0.1, 0.15) is 17.5 Å². The Hall–Kier alpha value is -3.60. The van der Waals surface area contributed by atoms with Gasteiger partial charge in [-0.15, -0.1) is 0 Å². The van der Waals surface area contributed by atoms with Gasteiger partial charge in [-0.2, -0.15) is 0 Å². The number of hydrogen-bond acceptors (Lipinski definition) is 2. The van der Waals surface area contributed by atoms with Crippen molar-refractivity contribution in [3.63, 3.8) is 0 Å². The molecule has 4 rings (SSSR count). The Morgan fingerprint density at radius 3 is 2.45 bits per heavy atom. The average molecular weight is 434 g/mol. The topological polar surface area (TPSA) is 71.7 Å². The van der Waals surface area contributed by atoms with Gasteiger partial charge in [-0.05, 0) is 65.6 Å². The molecule has 0 saturated carbocycles. The van der Waals surface area contributed by atoms with E-state index in [4.69, 9.17) is 11.6 Å². The van der Waals surface area contributed by atoms with E-state index in [-0.39, 0.29) is 5.82 Å². The number of amides is 1. The molecule has 0 aliphatic carbocycles. The first-order chi connectivity index (χ1) is 15.1. The van der Waals surface area contributed by atoms with E-state index in [2.05, 4.69) is 20.1 Å². The van der Waals surface area contributed by atoms with Crippen LogP contribution < -0.4 is 4.91 Å². The van der Waals surface area contributed by atoms with Crippen molar-refractivity contribution in [1.29, 1.82) is 0 Å². The Kier molecular flexibility index (Phi) is 6.32. The van der Waals surface area contributed by atoms with Crippen molar-refractivity contribution in [3.05, 3.63) is 106 Å². The second kappa shape index (κ2) is 9.47. The lowest BCUT2D eigenvalue weighted by Crippen LogP contribution is -1.96. The van der Waals surface area contributed by atoms with Crippen LogP contribution >= 0.6 is 11.6 Å². The highest BCUT2D eigenvalue weighted by atomic mass is 35.5. The van der Waals surface area contributed by atoms with Crippen LogP contribution in [-0.4, -0.2) is 17.4 Å². The zero-order valence-corrected chi connectivity index (χ0v) is 17.3. The molecule has 0 atom stereocenters. The van der Waals surface area contributed by atoms with Gasteiger partial charge in [0.05, 0.1) is 0 Å². The van der Waals surface area contributed by atoms with E-state index >= 15 is 0 Å². The molecule has 0 radical (unpaired) electrons. The third-order valence-electron chi connectivity index (χ3n) is 4.93. The number of nitrogens with one attached hydrogen (secondary N) is 1. The molecule has 5 nitrogen and oxygen atoms in total. The summed E-state index contributed by atoms with van der Waals surface area (Å²) in [5.41, 5.74) is 4.55. The molecule has 0 bridgehead atoms. The SMILES string of the molecule is O=C(N=[N+]=NCCc1c[nH]c2ccc(Cl)cc12)c1ccc(Cc2ccc(F)cc2)cc1. The molecule has 3 aromatic carbocycles. The van der Waals surface area contributed by atoms with Crippen LogP contribution in [0.1, 0.15) is 27.0 Å². The second-order valence-electron chi connectivity index (χ2n) is 7.11. The molecule has 7 heteroatoms. The first kappa shape index (κ1) is 20.7. The molecule has 0 aliphatic heterocycles. The number of hydrogen-bond donors (Lipinski definition) is 1. The van der Waals surface area contributed by atoms with Crippen molar-refractivity contribution in [3.8, 4) is 0 Å². The maximum Gasteiger partial charge on any atom is 0.360 e. The highest BCUT2D eigenvalue weighted by Crippen LogP contribution is 2.22. The number of benzene rings is 3. The predicted molar refractivity (Wildman–Crippen MR) is 119 cm³/mol. The first-order valence-corrected chi connectivity index (χ1v) is 10.2. The van der Waals surface area contributed by atoms with Crippen LogP contribution in [0.3, 0.4) is 0 Å². The largest absolute Gasteiger partial charge is 0.361 e. The number of carbonyl (C=O) groups is 1. The number of fused-ring (bicyclic) bond motifs is 1. The summed E-state index contributed by atoms with van der Waals surface area (Å²) in [7, 11) is 0. The highest BCUT2D eigenvalue weighted by Gasteiger charge is 2.10. The Bertz CT molecular complexity index is 1270. The van der Waals surface area contributed by atoms with Gasteiger partial charge in [0.2, 0.25) is 10.0 Å². The molecule has 0 aliphatic rings. The monoisotopic (exact) mass is 433 g/mol. The van der Waals surface area contributed by atoms with Crippen molar-refractivity contribution in [1.82, 2.24) is 9.90 Å². The summed E-state index contributed by atoms with van der Waals surface area (Å²) in [6.07, 6.45) is 3.24. The average Bonchev–Trinajstić information content (AvgIpc) is 3.17. The number of halogens is 2. The van der Waals surface area contributed by atoms with Crippen LogP contribution in [0.5, 0.6) is 0 Å². The molecule has 1 N–H and O–H groups in total. The smallest absolute Gasteiger partial charge is 0.360 e. The molecule has 4 aromatic rings. The van der Waals surface area contributed by atoms with Gasteiger partial charge in [-0.3, -0.25) is 4.79 Å². The summed E-state index contributed by atoms with van der Waals surface area (Å²) in [5, 5.41) is 9.38. The second-order valence-corrected chi connectivity index (χ2v) is 7.55. The number of aromatic nitrogens is 1.